The van der Waals surface area contributed by atoms with Crippen LogP contribution in [0, 0.1) is 17.5 Å². The molecule has 2 heterocycles. The molecule has 0 fully saturated rings. The lowest BCUT2D eigenvalue weighted by Crippen LogP contribution is -1.94. The fourth-order valence-corrected chi connectivity index (χ4v) is 1.89. The lowest BCUT2D eigenvalue weighted by atomic mass is 10.1. The molecule has 3 rings (SSSR count). The van der Waals surface area contributed by atoms with Crippen molar-refractivity contribution >= 4 is 0 Å². The maximum atomic E-state index is 13.7. The van der Waals surface area contributed by atoms with Gasteiger partial charge in [-0.05, 0) is 30.3 Å². The summed E-state index contributed by atoms with van der Waals surface area (Å²) in [6, 6.07) is 6.53. The van der Waals surface area contributed by atoms with Crippen LogP contribution in [0.4, 0.5) is 13.2 Å². The molecule has 0 unspecified atom stereocenters. The van der Waals surface area contributed by atoms with E-state index < -0.39 is 23.0 Å². The standard InChI is InChI=1S/C14H8F3N3/c15-9-3-4-10(16)14(17)13(9)12-6-11(19-20-12)8-2-1-5-18-7-8/h1-7H,(H,19,20). The van der Waals surface area contributed by atoms with E-state index in [1.165, 1.54) is 6.07 Å². The third-order valence-corrected chi connectivity index (χ3v) is 2.85. The highest BCUT2D eigenvalue weighted by atomic mass is 19.2. The Bertz CT molecular complexity index is 754. The van der Waals surface area contributed by atoms with Gasteiger partial charge in [0.2, 0.25) is 0 Å². The van der Waals surface area contributed by atoms with Crippen molar-refractivity contribution < 1.29 is 13.2 Å². The summed E-state index contributed by atoms with van der Waals surface area (Å²) in [5, 5.41) is 6.46. The van der Waals surface area contributed by atoms with Crippen LogP contribution >= 0.6 is 0 Å². The number of halogens is 3. The van der Waals surface area contributed by atoms with Gasteiger partial charge in [0.25, 0.3) is 0 Å². The number of hydrogen-bond donors (Lipinski definition) is 1. The van der Waals surface area contributed by atoms with Crippen LogP contribution in [-0.2, 0) is 0 Å². The van der Waals surface area contributed by atoms with Crippen molar-refractivity contribution in [2.45, 2.75) is 0 Å². The van der Waals surface area contributed by atoms with E-state index in [1.54, 1.807) is 24.5 Å². The molecule has 0 radical (unpaired) electrons. The molecule has 0 aliphatic carbocycles. The molecule has 1 aromatic carbocycles. The lowest BCUT2D eigenvalue weighted by molar-refractivity contribution is 0.498. The van der Waals surface area contributed by atoms with Crippen molar-refractivity contribution in [1.29, 1.82) is 0 Å². The number of nitrogens with one attached hydrogen (secondary N) is 1. The second-order valence-electron chi connectivity index (χ2n) is 4.13. The minimum Gasteiger partial charge on any atom is -0.277 e. The zero-order valence-corrected chi connectivity index (χ0v) is 10.1. The number of aromatic amines is 1. The van der Waals surface area contributed by atoms with E-state index in [9.17, 15) is 13.2 Å². The van der Waals surface area contributed by atoms with Crippen LogP contribution in [-0.4, -0.2) is 15.2 Å². The maximum absolute atomic E-state index is 13.7. The van der Waals surface area contributed by atoms with Crippen LogP contribution < -0.4 is 0 Å². The van der Waals surface area contributed by atoms with E-state index >= 15 is 0 Å². The molecule has 1 N–H and O–H groups in total. The SMILES string of the molecule is Fc1ccc(F)c(-c2cc(-c3cccnc3)n[nH]2)c1F. The van der Waals surface area contributed by atoms with E-state index in [4.69, 9.17) is 0 Å². The van der Waals surface area contributed by atoms with Crippen molar-refractivity contribution in [2.24, 2.45) is 0 Å². The molecule has 100 valence electrons. The smallest absolute Gasteiger partial charge is 0.171 e. The van der Waals surface area contributed by atoms with Gasteiger partial charge in [0.15, 0.2) is 11.6 Å². The molecule has 0 amide bonds. The van der Waals surface area contributed by atoms with E-state index in [0.717, 1.165) is 12.1 Å². The molecule has 0 saturated heterocycles. The third-order valence-electron chi connectivity index (χ3n) is 2.85. The minimum absolute atomic E-state index is 0.0679. The first-order valence-corrected chi connectivity index (χ1v) is 5.76. The highest BCUT2D eigenvalue weighted by molar-refractivity contribution is 5.68. The Morgan fingerprint density at radius 1 is 1.00 bits per heavy atom. The monoisotopic (exact) mass is 275 g/mol. The van der Waals surface area contributed by atoms with Crippen LogP contribution in [0.25, 0.3) is 22.5 Å². The summed E-state index contributed by atoms with van der Waals surface area (Å²) < 4.78 is 40.5. The van der Waals surface area contributed by atoms with Crippen molar-refractivity contribution in [3.8, 4) is 22.5 Å². The lowest BCUT2D eigenvalue weighted by Gasteiger charge is -2.02. The largest absolute Gasteiger partial charge is 0.277 e. The Hall–Kier alpha value is -2.63. The second-order valence-corrected chi connectivity index (χ2v) is 4.13. The molecule has 3 nitrogen and oxygen atoms in total. The highest BCUT2D eigenvalue weighted by Gasteiger charge is 2.18. The van der Waals surface area contributed by atoms with Crippen LogP contribution in [0.2, 0.25) is 0 Å². The molecule has 0 bridgehead atoms. The quantitative estimate of drug-likeness (QED) is 0.726. The van der Waals surface area contributed by atoms with Gasteiger partial charge >= 0.3 is 0 Å². The summed E-state index contributed by atoms with van der Waals surface area (Å²) in [6.45, 7) is 0. The number of nitrogens with zero attached hydrogens (tertiary/aromatic N) is 2. The fourth-order valence-electron chi connectivity index (χ4n) is 1.89. The Labute approximate surface area is 112 Å². The number of benzene rings is 1. The van der Waals surface area contributed by atoms with Gasteiger partial charge in [-0.25, -0.2) is 13.2 Å². The first-order chi connectivity index (χ1) is 9.66. The Balaban J connectivity index is 2.10. The van der Waals surface area contributed by atoms with Gasteiger partial charge in [0.05, 0.1) is 17.0 Å². The van der Waals surface area contributed by atoms with E-state index in [1.807, 2.05) is 0 Å². The Morgan fingerprint density at radius 2 is 1.80 bits per heavy atom. The summed E-state index contributed by atoms with van der Waals surface area (Å²) in [7, 11) is 0. The molecule has 20 heavy (non-hydrogen) atoms. The molecular weight excluding hydrogens is 267 g/mol. The maximum Gasteiger partial charge on any atom is 0.171 e. The first-order valence-electron chi connectivity index (χ1n) is 5.76. The molecule has 0 saturated carbocycles. The zero-order valence-electron chi connectivity index (χ0n) is 10.1. The van der Waals surface area contributed by atoms with Crippen molar-refractivity contribution in [3.63, 3.8) is 0 Å². The van der Waals surface area contributed by atoms with Gasteiger partial charge in [-0.1, -0.05) is 0 Å². The number of rotatable bonds is 2. The van der Waals surface area contributed by atoms with Crippen molar-refractivity contribution in [2.75, 3.05) is 0 Å². The average Bonchev–Trinajstić information content (AvgIpc) is 2.94. The second kappa shape index (κ2) is 4.80. The molecule has 0 spiro atoms. The number of H-pyrrole nitrogens is 1. The van der Waals surface area contributed by atoms with Crippen LogP contribution in [0.1, 0.15) is 0 Å². The molecule has 3 aromatic rings. The van der Waals surface area contributed by atoms with E-state index in [-0.39, 0.29) is 5.69 Å². The van der Waals surface area contributed by atoms with Gasteiger partial charge in [-0.3, -0.25) is 10.1 Å². The first kappa shape index (κ1) is 12.4. The van der Waals surface area contributed by atoms with Crippen LogP contribution in [0.15, 0.2) is 42.7 Å². The average molecular weight is 275 g/mol. The summed E-state index contributed by atoms with van der Waals surface area (Å²) in [5.41, 5.74) is 0.759. The molecular formula is C14H8F3N3. The van der Waals surface area contributed by atoms with Gasteiger partial charge in [-0.15, -0.1) is 0 Å². The summed E-state index contributed by atoms with van der Waals surface area (Å²) >= 11 is 0. The fraction of sp³-hybridized carbons (Fsp3) is 0. The predicted octanol–water partition coefficient (Wildman–Crippen LogP) is 3.56. The minimum atomic E-state index is -1.24. The normalized spacial score (nSPS) is 10.8. The van der Waals surface area contributed by atoms with Gasteiger partial charge in [0.1, 0.15) is 5.82 Å². The highest BCUT2D eigenvalue weighted by Crippen LogP contribution is 2.28. The molecule has 0 aliphatic rings. The molecule has 0 atom stereocenters. The predicted molar refractivity (Wildman–Crippen MR) is 67.1 cm³/mol. The number of hydrogen-bond acceptors (Lipinski definition) is 2. The number of aromatic nitrogens is 3. The Morgan fingerprint density at radius 3 is 2.55 bits per heavy atom. The van der Waals surface area contributed by atoms with Gasteiger partial charge < -0.3 is 0 Å². The zero-order chi connectivity index (χ0) is 14.1. The van der Waals surface area contributed by atoms with Crippen molar-refractivity contribution in [1.82, 2.24) is 15.2 Å². The molecule has 2 aromatic heterocycles. The summed E-state index contributed by atoms with van der Waals surface area (Å²) in [5.74, 6) is -3.21. The third kappa shape index (κ3) is 2.05. The van der Waals surface area contributed by atoms with Gasteiger partial charge in [0, 0.05) is 18.0 Å². The Kier molecular flexibility index (Phi) is 2.98. The molecule has 0 aliphatic heterocycles. The van der Waals surface area contributed by atoms with E-state index in [2.05, 4.69) is 15.2 Å². The molecule has 6 heteroatoms. The topological polar surface area (TPSA) is 41.6 Å². The van der Waals surface area contributed by atoms with Crippen molar-refractivity contribution in [3.05, 3.63) is 60.2 Å². The van der Waals surface area contributed by atoms with E-state index in [0.29, 0.717) is 11.3 Å². The summed E-state index contributed by atoms with van der Waals surface area (Å²) in [4.78, 5) is 3.93. The summed E-state index contributed by atoms with van der Waals surface area (Å²) in [6.07, 6.45) is 3.17. The number of pyridine rings is 1. The van der Waals surface area contributed by atoms with Crippen LogP contribution in [0.5, 0.6) is 0 Å². The van der Waals surface area contributed by atoms with Crippen LogP contribution in [0.3, 0.4) is 0 Å². The van der Waals surface area contributed by atoms with Gasteiger partial charge in [-0.2, -0.15) is 5.10 Å².